The van der Waals surface area contributed by atoms with Crippen LogP contribution in [0.5, 0.6) is 0 Å². The van der Waals surface area contributed by atoms with E-state index in [9.17, 15) is 9.59 Å². The van der Waals surface area contributed by atoms with Crippen molar-refractivity contribution in [3.63, 3.8) is 0 Å². The number of hydrogen-bond acceptors (Lipinski definition) is 2. The molecule has 0 saturated carbocycles. The predicted octanol–water partition coefficient (Wildman–Crippen LogP) is 0.129. The van der Waals surface area contributed by atoms with Crippen LogP contribution in [0.2, 0.25) is 0 Å². The van der Waals surface area contributed by atoms with Gasteiger partial charge in [-0.3, -0.25) is 4.79 Å². The van der Waals surface area contributed by atoms with Crippen LogP contribution in [0.15, 0.2) is 23.3 Å². The highest BCUT2D eigenvalue weighted by atomic mass is 35.5. The molecule has 1 aliphatic carbocycles. The van der Waals surface area contributed by atoms with Crippen molar-refractivity contribution in [1.82, 2.24) is 4.90 Å². The first kappa shape index (κ1) is 10.1. The van der Waals surface area contributed by atoms with E-state index < -0.39 is 11.8 Å². The molecule has 1 heterocycles. The number of nitrogens with zero attached hydrogens (tertiary/aromatic N) is 2. The molecule has 1 unspecified atom stereocenters. The highest BCUT2D eigenvalue weighted by molar-refractivity contribution is 6.36. The molecule has 2 aliphatic rings. The van der Waals surface area contributed by atoms with Crippen molar-refractivity contribution < 1.29 is 14.2 Å². The van der Waals surface area contributed by atoms with Crippen LogP contribution in [0.25, 0.3) is 0 Å². The van der Waals surface area contributed by atoms with Crippen molar-refractivity contribution in [2.75, 3.05) is 14.1 Å². The maximum absolute atomic E-state index is 11.5. The number of allylic oxidation sites excluding steroid dienone is 2. The van der Waals surface area contributed by atoms with E-state index >= 15 is 0 Å². The summed E-state index contributed by atoms with van der Waals surface area (Å²) in [6, 6.07) is -0.238. The van der Waals surface area contributed by atoms with Crippen molar-refractivity contribution in [3.8, 4) is 0 Å². The van der Waals surface area contributed by atoms with Gasteiger partial charge in [-0.25, -0.2) is 4.79 Å². The highest BCUT2D eigenvalue weighted by Gasteiger charge is 2.42. The van der Waals surface area contributed by atoms with Gasteiger partial charge in [0, 0.05) is 18.2 Å². The molecule has 0 bridgehead atoms. The summed E-state index contributed by atoms with van der Waals surface area (Å²) in [7, 11) is 3.19. The fourth-order valence-corrected chi connectivity index (χ4v) is 1.90. The zero-order chi connectivity index (χ0) is 11.2. The Balaban J connectivity index is 2.57. The number of amides is 2. The quantitative estimate of drug-likeness (QED) is 0.434. The minimum Gasteiger partial charge on any atom is -0.317 e. The molecule has 78 valence electrons. The van der Waals surface area contributed by atoms with Crippen molar-refractivity contribution >= 4 is 29.1 Å². The van der Waals surface area contributed by atoms with Gasteiger partial charge in [0.15, 0.2) is 0 Å². The third-order valence-corrected chi connectivity index (χ3v) is 2.90. The van der Waals surface area contributed by atoms with Crippen LogP contribution in [-0.2, 0) is 9.59 Å². The summed E-state index contributed by atoms with van der Waals surface area (Å²) in [5.74, 6) is -1.03. The van der Waals surface area contributed by atoms with Crippen molar-refractivity contribution in [1.29, 1.82) is 0 Å². The van der Waals surface area contributed by atoms with Crippen molar-refractivity contribution in [3.05, 3.63) is 23.3 Å². The molecule has 0 N–H and O–H groups in total. The van der Waals surface area contributed by atoms with Gasteiger partial charge in [-0.05, 0) is 12.2 Å². The van der Waals surface area contributed by atoms with E-state index in [1.807, 2.05) is 0 Å². The van der Waals surface area contributed by atoms with Gasteiger partial charge in [-0.2, -0.15) is 4.58 Å². The number of likely N-dealkylation sites (N-methyl/N-ethyl adjacent to an activating group) is 2. The van der Waals surface area contributed by atoms with E-state index in [2.05, 4.69) is 0 Å². The molecule has 15 heavy (non-hydrogen) atoms. The summed E-state index contributed by atoms with van der Waals surface area (Å²) >= 11 is 5.85. The summed E-state index contributed by atoms with van der Waals surface area (Å²) in [6.45, 7) is 0. The molecule has 0 aromatic carbocycles. The lowest BCUT2D eigenvalue weighted by atomic mass is 10.0. The average Bonchev–Trinajstić information content (AvgIpc) is 2.23. The maximum atomic E-state index is 11.5. The fraction of sp³-hybridized carbons (Fsp3) is 0.300. The average molecular weight is 226 g/mol. The molecule has 0 radical (unpaired) electrons. The van der Waals surface area contributed by atoms with Crippen LogP contribution in [0, 0.1) is 0 Å². The zero-order valence-corrected chi connectivity index (χ0v) is 9.15. The second-order valence-corrected chi connectivity index (χ2v) is 3.97. The molecule has 0 aromatic rings. The first-order chi connectivity index (χ1) is 7.02. The molecule has 0 fully saturated rings. The summed E-state index contributed by atoms with van der Waals surface area (Å²) < 4.78 is 1.36. The number of fused-ring (bicyclic) bond motifs is 1. The fourth-order valence-electron chi connectivity index (χ4n) is 1.71. The second-order valence-electron chi connectivity index (χ2n) is 3.53. The van der Waals surface area contributed by atoms with Gasteiger partial charge in [0.25, 0.3) is 0 Å². The Morgan fingerprint density at radius 2 is 2.07 bits per heavy atom. The molecule has 2 rings (SSSR count). The molecule has 1 atom stereocenters. The van der Waals surface area contributed by atoms with Gasteiger partial charge in [-0.15, -0.1) is 0 Å². The predicted molar refractivity (Wildman–Crippen MR) is 55.8 cm³/mol. The van der Waals surface area contributed by atoms with E-state index in [-0.39, 0.29) is 6.04 Å². The van der Waals surface area contributed by atoms with Gasteiger partial charge in [-0.1, -0.05) is 11.6 Å². The number of carbonyl (C=O) groups is 2. The van der Waals surface area contributed by atoms with Gasteiger partial charge >= 0.3 is 11.8 Å². The molecule has 5 heteroatoms. The SMILES string of the molecule is CN1C(=O)C(=O)[N+](C)=C2C=CC(Cl)=CC21. The molecule has 4 nitrogen and oxygen atoms in total. The number of hydrogen-bond donors (Lipinski definition) is 0. The van der Waals surface area contributed by atoms with Gasteiger partial charge in [0.1, 0.15) is 13.1 Å². The van der Waals surface area contributed by atoms with Crippen LogP contribution >= 0.6 is 11.6 Å². The maximum Gasteiger partial charge on any atom is 0.477 e. The van der Waals surface area contributed by atoms with Crippen LogP contribution in [0.4, 0.5) is 0 Å². The third kappa shape index (κ3) is 1.41. The van der Waals surface area contributed by atoms with Gasteiger partial charge < -0.3 is 4.90 Å². The Morgan fingerprint density at radius 3 is 2.73 bits per heavy atom. The van der Waals surface area contributed by atoms with E-state index in [4.69, 9.17) is 11.6 Å². The number of rotatable bonds is 0. The van der Waals surface area contributed by atoms with Crippen LogP contribution in [0.1, 0.15) is 0 Å². The Kier molecular flexibility index (Phi) is 2.23. The Labute approximate surface area is 92.1 Å². The lowest BCUT2D eigenvalue weighted by Crippen LogP contribution is -2.55. The molecule has 0 aromatic heterocycles. The second kappa shape index (κ2) is 3.31. The summed E-state index contributed by atoms with van der Waals surface area (Å²) in [5.41, 5.74) is 0.770. The third-order valence-electron chi connectivity index (χ3n) is 2.65. The normalized spacial score (nSPS) is 25.7. The summed E-state index contributed by atoms with van der Waals surface area (Å²) in [6.07, 6.45) is 5.21. The lowest BCUT2D eigenvalue weighted by Gasteiger charge is -2.27. The van der Waals surface area contributed by atoms with Gasteiger partial charge in [0.2, 0.25) is 5.71 Å². The van der Waals surface area contributed by atoms with Crippen molar-refractivity contribution in [2.24, 2.45) is 0 Å². The van der Waals surface area contributed by atoms with E-state index in [1.54, 1.807) is 32.3 Å². The number of carbonyl (C=O) groups excluding carboxylic acids is 2. The topological polar surface area (TPSA) is 40.4 Å². The van der Waals surface area contributed by atoms with Crippen molar-refractivity contribution in [2.45, 2.75) is 6.04 Å². The van der Waals surface area contributed by atoms with Crippen LogP contribution < -0.4 is 0 Å². The lowest BCUT2D eigenvalue weighted by molar-refractivity contribution is -0.418. The van der Waals surface area contributed by atoms with E-state index in [1.165, 1.54) is 9.48 Å². The molecule has 1 aliphatic heterocycles. The smallest absolute Gasteiger partial charge is 0.317 e. The van der Waals surface area contributed by atoms with E-state index in [0.717, 1.165) is 5.71 Å². The molecule has 2 amide bonds. The van der Waals surface area contributed by atoms with Gasteiger partial charge in [0.05, 0.1) is 0 Å². The molecule has 0 saturated heterocycles. The summed E-state index contributed by atoms with van der Waals surface area (Å²) in [5, 5.41) is 0.575. The minimum atomic E-state index is -0.514. The van der Waals surface area contributed by atoms with Crippen LogP contribution in [0.3, 0.4) is 0 Å². The summed E-state index contributed by atoms with van der Waals surface area (Å²) in [4.78, 5) is 24.4. The molecular formula is C10H10ClN2O2+. The number of halogens is 1. The first-order valence-corrected chi connectivity index (χ1v) is 4.87. The monoisotopic (exact) mass is 225 g/mol. The Hall–Kier alpha value is -1.42. The largest absolute Gasteiger partial charge is 0.477 e. The molecule has 0 spiro atoms. The zero-order valence-electron chi connectivity index (χ0n) is 8.40. The molecular weight excluding hydrogens is 216 g/mol. The first-order valence-electron chi connectivity index (χ1n) is 4.49. The standard InChI is InChI=1S/C10H10ClN2O2/c1-12-7-4-3-6(11)5-8(7)13(2)10(15)9(12)14/h3-5,8H,1-2H3/q+1. The van der Waals surface area contributed by atoms with Crippen LogP contribution in [-0.4, -0.2) is 47.1 Å². The Bertz CT molecular complexity index is 448. The minimum absolute atomic E-state index is 0.238. The van der Waals surface area contributed by atoms with E-state index in [0.29, 0.717) is 5.03 Å². The highest BCUT2D eigenvalue weighted by Crippen LogP contribution is 2.18. The Morgan fingerprint density at radius 1 is 1.40 bits per heavy atom.